The van der Waals surface area contributed by atoms with Gasteiger partial charge in [0.05, 0.1) is 0 Å². The Morgan fingerprint density at radius 3 is 1.67 bits per heavy atom. The average molecular weight is 88.2 g/mol. The van der Waals surface area contributed by atoms with Gasteiger partial charge in [0.25, 0.3) is 0 Å². The van der Waals surface area contributed by atoms with Crippen LogP contribution in [0.25, 0.3) is 0 Å². The SMILES string of the molecule is [2H][C@@H](C)CC[C@@H]([2H])C. The summed E-state index contributed by atoms with van der Waals surface area (Å²) in [7, 11) is 0. The van der Waals surface area contributed by atoms with Crippen LogP contribution >= 0.6 is 0 Å². The maximum Gasteiger partial charge on any atom is 0.0264 e. The molecule has 0 bridgehead atoms. The van der Waals surface area contributed by atoms with Crippen LogP contribution in [0.2, 0.25) is 0 Å². The van der Waals surface area contributed by atoms with Gasteiger partial charge >= 0.3 is 0 Å². The van der Waals surface area contributed by atoms with E-state index in [2.05, 4.69) is 0 Å². The zero-order valence-corrected chi connectivity index (χ0v) is 4.57. The molecular weight excluding hydrogens is 72.1 g/mol. The van der Waals surface area contributed by atoms with Crippen LogP contribution < -0.4 is 0 Å². The fraction of sp³-hybridized carbons (Fsp3) is 1.00. The highest BCUT2D eigenvalue weighted by molar-refractivity contribution is 4.31. The third-order valence-electron chi connectivity index (χ3n) is 0.744. The lowest BCUT2D eigenvalue weighted by atomic mass is 10.2. The molecule has 0 unspecified atom stereocenters. The monoisotopic (exact) mass is 88.1 g/mol. The summed E-state index contributed by atoms with van der Waals surface area (Å²) in [5.74, 6) is 0. The summed E-state index contributed by atoms with van der Waals surface area (Å²) in [6, 6.07) is 0. The van der Waals surface area contributed by atoms with Gasteiger partial charge in [-0.2, -0.15) is 0 Å². The van der Waals surface area contributed by atoms with E-state index in [1.54, 1.807) is 0 Å². The van der Waals surface area contributed by atoms with Crippen molar-refractivity contribution >= 4 is 0 Å². The molecule has 0 spiro atoms. The molecule has 0 aliphatic rings. The van der Waals surface area contributed by atoms with Crippen LogP contribution in [0, 0.1) is 0 Å². The lowest BCUT2D eigenvalue weighted by Gasteiger charge is -1.86. The topological polar surface area (TPSA) is 0 Å². The lowest BCUT2D eigenvalue weighted by Crippen LogP contribution is -1.66. The van der Waals surface area contributed by atoms with E-state index < -0.39 is 0 Å². The molecule has 2 atom stereocenters. The van der Waals surface area contributed by atoms with E-state index in [-0.39, 0.29) is 12.8 Å². The van der Waals surface area contributed by atoms with Gasteiger partial charge in [-0.15, -0.1) is 0 Å². The Morgan fingerprint density at radius 2 is 1.50 bits per heavy atom. The molecule has 0 saturated heterocycles. The molecule has 0 aliphatic heterocycles. The minimum Gasteiger partial charge on any atom is -0.0654 e. The second-order valence-electron chi connectivity index (χ2n) is 1.39. The first-order chi connectivity index (χ1) is 3.63. The van der Waals surface area contributed by atoms with Gasteiger partial charge in [-0.25, -0.2) is 0 Å². The summed E-state index contributed by atoms with van der Waals surface area (Å²) in [6.45, 7) is 3.73. The highest BCUT2D eigenvalue weighted by Gasteiger charge is 1.75. The van der Waals surface area contributed by atoms with E-state index in [0.29, 0.717) is 0 Å². The Kier molecular flexibility index (Phi) is 2.55. The predicted octanol–water partition coefficient (Wildman–Crippen LogP) is 2.59. The third kappa shape index (κ3) is 4.00. The molecular formula is C6H14. The first-order valence-electron chi connectivity index (χ1n) is 3.63. The van der Waals surface area contributed by atoms with Crippen molar-refractivity contribution in [3.63, 3.8) is 0 Å². The molecule has 0 radical (unpaired) electrons. The third-order valence-corrected chi connectivity index (χ3v) is 0.744. The standard InChI is InChI=1S/C6H14/c1-3-5-6-4-2/h3-6H2,1-2H3/i3D,4D/t3-,4-/m0/s1. The minimum absolute atomic E-state index is 0.0165. The molecule has 6 heavy (non-hydrogen) atoms. The fourth-order valence-electron chi connectivity index (χ4n) is 0.333. The lowest BCUT2D eigenvalue weighted by molar-refractivity contribution is 0.702. The van der Waals surface area contributed by atoms with Crippen molar-refractivity contribution in [3.8, 4) is 0 Å². The van der Waals surface area contributed by atoms with E-state index in [1.807, 2.05) is 13.8 Å². The molecule has 0 heteroatoms. The molecule has 0 rings (SSSR count). The highest BCUT2D eigenvalue weighted by Crippen LogP contribution is 1.95. The van der Waals surface area contributed by atoms with Crippen LogP contribution in [0.5, 0.6) is 0 Å². The minimum atomic E-state index is 0.0165. The van der Waals surface area contributed by atoms with Crippen LogP contribution in [0.3, 0.4) is 0 Å². The zero-order chi connectivity index (χ0) is 6.57. The van der Waals surface area contributed by atoms with Gasteiger partial charge in [0.2, 0.25) is 0 Å². The molecule has 0 aromatic carbocycles. The number of rotatable bonds is 3. The maximum absolute atomic E-state index is 7.09. The average Bonchev–Trinajstić information content (AvgIpc) is 1.61. The maximum atomic E-state index is 7.09. The van der Waals surface area contributed by atoms with E-state index in [4.69, 9.17) is 2.74 Å². The van der Waals surface area contributed by atoms with E-state index in [9.17, 15) is 0 Å². The van der Waals surface area contributed by atoms with Crippen LogP contribution in [-0.4, -0.2) is 0 Å². The highest BCUT2D eigenvalue weighted by atomic mass is 13.8. The number of hydrogen-bond acceptors (Lipinski definition) is 0. The Morgan fingerprint density at radius 1 is 1.17 bits per heavy atom. The van der Waals surface area contributed by atoms with Crippen molar-refractivity contribution in [2.75, 3.05) is 0 Å². The van der Waals surface area contributed by atoms with Gasteiger partial charge in [-0.05, 0) is 0 Å². The summed E-state index contributed by atoms with van der Waals surface area (Å²) in [5, 5.41) is 0. The Hall–Kier alpha value is 0. The molecule has 0 saturated carbocycles. The largest absolute Gasteiger partial charge is 0.0654 e. The molecule has 0 aromatic rings. The normalized spacial score (nSPS) is 24.3. The molecule has 0 N–H and O–H groups in total. The Bertz CT molecular complexity index is 42.5. The van der Waals surface area contributed by atoms with Gasteiger partial charge in [0.1, 0.15) is 0 Å². The van der Waals surface area contributed by atoms with Crippen LogP contribution in [-0.2, 0) is 0 Å². The van der Waals surface area contributed by atoms with Gasteiger partial charge in [-0.1, -0.05) is 39.5 Å². The van der Waals surface area contributed by atoms with Gasteiger partial charge in [0.15, 0.2) is 0 Å². The second-order valence-corrected chi connectivity index (χ2v) is 1.39. The molecule has 0 aromatic heterocycles. The van der Waals surface area contributed by atoms with Gasteiger partial charge < -0.3 is 0 Å². The first kappa shape index (κ1) is 3.06. The molecule has 0 amide bonds. The van der Waals surface area contributed by atoms with E-state index >= 15 is 0 Å². The van der Waals surface area contributed by atoms with Crippen LogP contribution in [0.15, 0.2) is 0 Å². The van der Waals surface area contributed by atoms with Crippen molar-refractivity contribution in [1.29, 1.82) is 0 Å². The van der Waals surface area contributed by atoms with Gasteiger partial charge in [-0.3, -0.25) is 0 Å². The van der Waals surface area contributed by atoms with Crippen LogP contribution in [0.1, 0.15) is 42.2 Å². The van der Waals surface area contributed by atoms with Crippen molar-refractivity contribution < 1.29 is 2.74 Å². The zero-order valence-electron chi connectivity index (χ0n) is 6.57. The molecule has 0 heterocycles. The quantitative estimate of drug-likeness (QED) is 0.497. The fourth-order valence-corrected chi connectivity index (χ4v) is 0.333. The summed E-state index contributed by atoms with van der Waals surface area (Å²) in [6.07, 6.45) is 1.76. The molecule has 0 aliphatic carbocycles. The molecule has 0 nitrogen and oxygen atoms in total. The predicted molar refractivity (Wildman–Crippen MR) is 29.8 cm³/mol. The van der Waals surface area contributed by atoms with Gasteiger partial charge in [0, 0.05) is 2.74 Å². The summed E-state index contributed by atoms with van der Waals surface area (Å²) in [4.78, 5) is 0. The summed E-state index contributed by atoms with van der Waals surface area (Å²) < 4.78 is 14.2. The van der Waals surface area contributed by atoms with Crippen molar-refractivity contribution in [2.24, 2.45) is 0 Å². The molecule has 38 valence electrons. The second kappa shape index (κ2) is 5.00. The van der Waals surface area contributed by atoms with Crippen molar-refractivity contribution in [1.82, 2.24) is 0 Å². The molecule has 0 fully saturated rings. The Labute approximate surface area is 43.4 Å². The van der Waals surface area contributed by atoms with Crippen molar-refractivity contribution in [2.45, 2.75) is 39.5 Å². The summed E-state index contributed by atoms with van der Waals surface area (Å²) >= 11 is 0. The van der Waals surface area contributed by atoms with Crippen molar-refractivity contribution in [3.05, 3.63) is 0 Å². The number of hydrogen-bond donors (Lipinski definition) is 0. The summed E-state index contributed by atoms with van der Waals surface area (Å²) in [5.41, 5.74) is 0. The first-order valence-corrected chi connectivity index (χ1v) is 2.47. The Balaban J connectivity index is 2.93. The van der Waals surface area contributed by atoms with Crippen LogP contribution in [0.4, 0.5) is 0 Å². The van der Waals surface area contributed by atoms with E-state index in [1.165, 1.54) is 0 Å². The van der Waals surface area contributed by atoms with E-state index in [0.717, 1.165) is 12.8 Å². The smallest absolute Gasteiger partial charge is 0.0264 e.